The lowest BCUT2D eigenvalue weighted by Gasteiger charge is -2.25. The van der Waals surface area contributed by atoms with E-state index in [2.05, 4.69) is 0 Å². The van der Waals surface area contributed by atoms with E-state index < -0.39 is 36.7 Å². The summed E-state index contributed by atoms with van der Waals surface area (Å²) in [6, 6.07) is 8.93. The summed E-state index contributed by atoms with van der Waals surface area (Å²) in [5.74, 6) is -0.805. The molecule has 2 N–H and O–H groups in total. The number of nitrogens with zero attached hydrogens (tertiary/aromatic N) is 1. The van der Waals surface area contributed by atoms with Crippen molar-refractivity contribution in [3.63, 3.8) is 0 Å². The lowest BCUT2D eigenvalue weighted by Crippen LogP contribution is -2.46. The van der Waals surface area contributed by atoms with Crippen LogP contribution in [0.3, 0.4) is 0 Å². The lowest BCUT2D eigenvalue weighted by atomic mass is 10.1. The first-order valence-corrected chi connectivity index (χ1v) is 11.2. The van der Waals surface area contributed by atoms with Crippen molar-refractivity contribution in [2.75, 3.05) is 10.6 Å². The quantitative estimate of drug-likeness (QED) is 0.810. The Labute approximate surface area is 156 Å². The third kappa shape index (κ3) is 3.06. The molecule has 3 rings (SSSR count). The molecule has 0 aromatic heterocycles. The highest BCUT2D eigenvalue weighted by Gasteiger charge is 2.42. The van der Waals surface area contributed by atoms with E-state index in [1.54, 1.807) is 24.3 Å². The van der Waals surface area contributed by atoms with Gasteiger partial charge in [0, 0.05) is 12.7 Å². The average Bonchev–Trinajstić information content (AvgIpc) is 2.94. The van der Waals surface area contributed by atoms with E-state index in [0.717, 1.165) is 16.6 Å². The molecule has 7 nitrogen and oxygen atoms in total. The van der Waals surface area contributed by atoms with Crippen molar-refractivity contribution in [3.05, 3.63) is 53.1 Å². The summed E-state index contributed by atoms with van der Waals surface area (Å²) in [4.78, 5) is 11.3. The highest BCUT2D eigenvalue weighted by atomic mass is 35.5. The standard InChI is InChI=1S/C16H15ClN2O5S2/c1-25(21,22)11-6-7-12(17)15(9-11)26(23,24)19-13-5-3-2-4-10(13)8-14(19)16(18)20/h2-7,9,14H,8H2,1H3,(H2,18,20)/t14-/m0/s1. The number of hydrogen-bond acceptors (Lipinski definition) is 5. The number of anilines is 1. The van der Waals surface area contributed by atoms with Gasteiger partial charge in [0.05, 0.1) is 15.6 Å². The van der Waals surface area contributed by atoms with Crippen molar-refractivity contribution < 1.29 is 21.6 Å². The maximum absolute atomic E-state index is 13.3. The maximum atomic E-state index is 13.3. The Morgan fingerprint density at radius 2 is 1.81 bits per heavy atom. The molecule has 1 atom stereocenters. The number of halogens is 1. The fourth-order valence-electron chi connectivity index (χ4n) is 2.89. The first kappa shape index (κ1) is 18.7. The topological polar surface area (TPSA) is 115 Å². The van der Waals surface area contributed by atoms with Crippen LogP contribution in [-0.2, 0) is 31.1 Å². The number of sulfone groups is 1. The van der Waals surface area contributed by atoms with Gasteiger partial charge in [-0.25, -0.2) is 16.8 Å². The minimum Gasteiger partial charge on any atom is -0.368 e. The Kier molecular flexibility index (Phi) is 4.50. The monoisotopic (exact) mass is 414 g/mol. The van der Waals surface area contributed by atoms with Gasteiger partial charge in [0.2, 0.25) is 5.91 Å². The van der Waals surface area contributed by atoms with Gasteiger partial charge in [-0.3, -0.25) is 9.10 Å². The Morgan fingerprint density at radius 1 is 1.15 bits per heavy atom. The first-order chi connectivity index (χ1) is 12.0. The summed E-state index contributed by atoms with van der Waals surface area (Å²) < 4.78 is 51.0. The van der Waals surface area contributed by atoms with Gasteiger partial charge < -0.3 is 5.73 Å². The number of carbonyl (C=O) groups excluding carboxylic acids is 1. The molecule has 1 heterocycles. The summed E-state index contributed by atoms with van der Waals surface area (Å²) in [7, 11) is -7.97. The van der Waals surface area contributed by atoms with Gasteiger partial charge in [-0.2, -0.15) is 0 Å². The number of rotatable bonds is 4. The van der Waals surface area contributed by atoms with Gasteiger partial charge >= 0.3 is 0 Å². The van der Waals surface area contributed by atoms with Gasteiger partial charge in [-0.15, -0.1) is 0 Å². The van der Waals surface area contributed by atoms with Crippen molar-refractivity contribution in [2.24, 2.45) is 5.73 Å². The number of primary amides is 1. The molecule has 0 fully saturated rings. The molecular weight excluding hydrogens is 400 g/mol. The Balaban J connectivity index is 2.23. The third-order valence-corrected chi connectivity index (χ3v) is 7.54. The molecule has 0 bridgehead atoms. The van der Waals surface area contributed by atoms with Crippen LogP contribution in [0.4, 0.5) is 5.69 Å². The van der Waals surface area contributed by atoms with Crippen LogP contribution in [0, 0.1) is 0 Å². The number of amides is 1. The van der Waals surface area contributed by atoms with E-state index in [1.165, 1.54) is 12.1 Å². The molecule has 0 unspecified atom stereocenters. The van der Waals surface area contributed by atoms with E-state index in [-0.39, 0.29) is 16.3 Å². The van der Waals surface area contributed by atoms with E-state index in [4.69, 9.17) is 17.3 Å². The molecule has 0 radical (unpaired) electrons. The molecule has 0 aliphatic carbocycles. The fourth-order valence-corrected chi connectivity index (χ4v) is 5.77. The molecule has 1 aliphatic heterocycles. The summed E-state index contributed by atoms with van der Waals surface area (Å²) in [5.41, 5.74) is 6.37. The van der Waals surface area contributed by atoms with Crippen molar-refractivity contribution in [3.8, 4) is 0 Å². The minimum absolute atomic E-state index is 0.133. The predicted octanol–water partition coefficient (Wildman–Crippen LogP) is 1.35. The van der Waals surface area contributed by atoms with Crippen LogP contribution in [0.5, 0.6) is 0 Å². The lowest BCUT2D eigenvalue weighted by molar-refractivity contribution is -0.118. The molecule has 1 amide bonds. The number of hydrogen-bond donors (Lipinski definition) is 1. The summed E-state index contributed by atoms with van der Waals surface area (Å²) >= 11 is 6.05. The summed E-state index contributed by atoms with van der Waals surface area (Å²) in [5, 5.41) is -0.148. The normalized spacial score (nSPS) is 17.2. The smallest absolute Gasteiger partial charge is 0.266 e. The van der Waals surface area contributed by atoms with Crippen molar-refractivity contribution in [2.45, 2.75) is 22.3 Å². The maximum Gasteiger partial charge on any atom is 0.266 e. The Hall–Kier alpha value is -2.10. The molecule has 1 aliphatic rings. The zero-order chi connectivity index (χ0) is 19.3. The SMILES string of the molecule is CS(=O)(=O)c1ccc(Cl)c(S(=O)(=O)N2c3ccccc3C[C@H]2C(N)=O)c1. The number of para-hydroxylation sites is 1. The van der Waals surface area contributed by atoms with Crippen LogP contribution in [0.1, 0.15) is 5.56 Å². The second-order valence-corrected chi connectivity index (χ2v) is 10.1. The van der Waals surface area contributed by atoms with Gasteiger partial charge in [0.15, 0.2) is 9.84 Å². The number of carbonyl (C=O) groups is 1. The van der Waals surface area contributed by atoms with E-state index >= 15 is 0 Å². The van der Waals surface area contributed by atoms with Crippen molar-refractivity contribution in [1.82, 2.24) is 0 Å². The second-order valence-electron chi connectivity index (χ2n) is 5.92. The molecule has 0 saturated heterocycles. The molecule has 2 aromatic rings. The van der Waals surface area contributed by atoms with Crippen LogP contribution in [0.2, 0.25) is 5.02 Å². The largest absolute Gasteiger partial charge is 0.368 e. The third-order valence-electron chi connectivity index (χ3n) is 4.12. The summed E-state index contributed by atoms with van der Waals surface area (Å²) in [6.45, 7) is 0. The van der Waals surface area contributed by atoms with E-state index in [9.17, 15) is 21.6 Å². The van der Waals surface area contributed by atoms with Crippen LogP contribution in [0.15, 0.2) is 52.3 Å². The van der Waals surface area contributed by atoms with Crippen LogP contribution in [0.25, 0.3) is 0 Å². The zero-order valence-electron chi connectivity index (χ0n) is 13.6. The van der Waals surface area contributed by atoms with Crippen molar-refractivity contribution in [1.29, 1.82) is 0 Å². The van der Waals surface area contributed by atoms with E-state index in [0.29, 0.717) is 11.3 Å². The minimum atomic E-state index is -4.32. The Bertz CT molecular complexity index is 1110. The zero-order valence-corrected chi connectivity index (χ0v) is 16.0. The average molecular weight is 415 g/mol. The highest BCUT2D eigenvalue weighted by Crippen LogP contribution is 2.38. The number of benzene rings is 2. The molecule has 0 saturated carbocycles. The fraction of sp³-hybridized carbons (Fsp3) is 0.188. The van der Waals surface area contributed by atoms with Crippen LogP contribution >= 0.6 is 11.6 Å². The molecular formula is C16H15ClN2O5S2. The van der Waals surface area contributed by atoms with Crippen LogP contribution in [-0.4, -0.2) is 35.0 Å². The molecule has 26 heavy (non-hydrogen) atoms. The molecule has 2 aromatic carbocycles. The van der Waals surface area contributed by atoms with Gasteiger partial charge in [-0.05, 0) is 29.8 Å². The highest BCUT2D eigenvalue weighted by molar-refractivity contribution is 7.93. The number of fused-ring (bicyclic) bond motifs is 1. The number of sulfonamides is 1. The summed E-state index contributed by atoms with van der Waals surface area (Å²) in [6.07, 6.45) is 1.10. The number of nitrogens with two attached hydrogens (primary N) is 1. The predicted molar refractivity (Wildman–Crippen MR) is 97.4 cm³/mol. The second kappa shape index (κ2) is 6.26. The van der Waals surface area contributed by atoms with Gasteiger partial charge in [-0.1, -0.05) is 29.8 Å². The van der Waals surface area contributed by atoms with Gasteiger partial charge in [0.25, 0.3) is 10.0 Å². The van der Waals surface area contributed by atoms with E-state index in [1.807, 2.05) is 0 Å². The first-order valence-electron chi connectivity index (χ1n) is 7.45. The molecule has 0 spiro atoms. The molecule has 10 heteroatoms. The molecule has 138 valence electrons. The Morgan fingerprint density at radius 3 is 2.42 bits per heavy atom. The van der Waals surface area contributed by atoms with Crippen LogP contribution < -0.4 is 10.0 Å². The van der Waals surface area contributed by atoms with Crippen molar-refractivity contribution >= 4 is 43.1 Å². The van der Waals surface area contributed by atoms with Gasteiger partial charge in [0.1, 0.15) is 10.9 Å².